The Hall–Kier alpha value is -1.82. The van der Waals surface area contributed by atoms with E-state index < -0.39 is 17.9 Å². The fraction of sp³-hybridized carbons (Fsp3) is 0.278. The summed E-state index contributed by atoms with van der Waals surface area (Å²) >= 11 is 17.9. The molecule has 0 bridgehead atoms. The topological polar surface area (TPSA) is 59.5 Å². The van der Waals surface area contributed by atoms with Gasteiger partial charge in [-0.15, -0.1) is 0 Å². The molecule has 1 aromatic heterocycles. The van der Waals surface area contributed by atoms with Crippen molar-refractivity contribution in [3.63, 3.8) is 0 Å². The number of pyridine rings is 1. The fourth-order valence-corrected chi connectivity index (χ4v) is 2.92. The molecule has 0 aliphatic carbocycles. The van der Waals surface area contributed by atoms with Gasteiger partial charge in [0, 0.05) is 11.6 Å². The number of hydrogen-bond acceptors (Lipinski definition) is 4. The van der Waals surface area contributed by atoms with Crippen LogP contribution in [0.4, 0.5) is 0 Å². The molecule has 0 saturated heterocycles. The predicted octanol–water partition coefficient (Wildman–Crippen LogP) is 4.81. The van der Waals surface area contributed by atoms with Gasteiger partial charge in [-0.1, -0.05) is 46.9 Å². The van der Waals surface area contributed by atoms with Gasteiger partial charge in [-0.2, -0.15) is 0 Å². The van der Waals surface area contributed by atoms with E-state index in [-0.39, 0.29) is 29.0 Å². The molecule has 0 radical (unpaired) electrons. The third kappa shape index (κ3) is 4.67. The van der Waals surface area contributed by atoms with Crippen LogP contribution >= 0.6 is 34.8 Å². The van der Waals surface area contributed by atoms with Crippen molar-refractivity contribution >= 4 is 46.7 Å². The van der Waals surface area contributed by atoms with Crippen LogP contribution in [0.15, 0.2) is 36.4 Å². The average molecular weight is 416 g/mol. The Balaban J connectivity index is 2.48. The lowest BCUT2D eigenvalue weighted by atomic mass is 10.0. The Bertz CT molecular complexity index is 797. The molecule has 0 spiro atoms. The van der Waals surface area contributed by atoms with Crippen LogP contribution in [0.25, 0.3) is 0 Å². The van der Waals surface area contributed by atoms with Crippen LogP contribution in [0.3, 0.4) is 0 Å². The molecule has 1 heterocycles. The lowest BCUT2D eigenvalue weighted by Gasteiger charge is -2.29. The lowest BCUT2D eigenvalue weighted by molar-refractivity contribution is -0.148. The van der Waals surface area contributed by atoms with Crippen LogP contribution in [0.5, 0.6) is 0 Å². The number of esters is 1. The van der Waals surface area contributed by atoms with E-state index in [1.54, 1.807) is 38.1 Å². The van der Waals surface area contributed by atoms with Crippen molar-refractivity contribution < 1.29 is 14.3 Å². The number of nitrogens with zero attached hydrogens (tertiary/aromatic N) is 2. The number of likely N-dealkylation sites (N-methyl/N-ethyl adjacent to an activating group) is 1. The molecule has 26 heavy (non-hydrogen) atoms. The van der Waals surface area contributed by atoms with Gasteiger partial charge in [-0.25, -0.2) is 9.78 Å². The number of aromatic nitrogens is 1. The molecule has 0 unspecified atom stereocenters. The number of benzene rings is 1. The van der Waals surface area contributed by atoms with Crippen molar-refractivity contribution in [1.82, 2.24) is 9.88 Å². The first-order valence-electron chi connectivity index (χ1n) is 7.94. The first-order valence-corrected chi connectivity index (χ1v) is 9.07. The molecule has 0 saturated carbocycles. The molecular weight excluding hydrogens is 399 g/mol. The summed E-state index contributed by atoms with van der Waals surface area (Å²) in [6, 6.07) is 8.65. The third-order valence-electron chi connectivity index (χ3n) is 3.62. The molecule has 0 aliphatic heterocycles. The van der Waals surface area contributed by atoms with Gasteiger partial charge in [0.05, 0.1) is 11.6 Å². The van der Waals surface area contributed by atoms with Gasteiger partial charge in [-0.3, -0.25) is 4.79 Å². The van der Waals surface area contributed by atoms with Crippen molar-refractivity contribution in [1.29, 1.82) is 0 Å². The van der Waals surface area contributed by atoms with Crippen molar-refractivity contribution in [2.45, 2.75) is 19.9 Å². The van der Waals surface area contributed by atoms with Crippen molar-refractivity contribution in [2.24, 2.45) is 0 Å². The Morgan fingerprint density at radius 1 is 1.08 bits per heavy atom. The van der Waals surface area contributed by atoms with Gasteiger partial charge in [0.25, 0.3) is 5.91 Å². The van der Waals surface area contributed by atoms with Gasteiger partial charge in [0.15, 0.2) is 6.04 Å². The number of rotatable bonds is 6. The molecule has 1 amide bonds. The maximum Gasteiger partial charge on any atom is 0.333 e. The predicted molar refractivity (Wildman–Crippen MR) is 102 cm³/mol. The maximum atomic E-state index is 13.0. The highest BCUT2D eigenvalue weighted by Gasteiger charge is 2.33. The molecule has 0 N–H and O–H groups in total. The van der Waals surface area contributed by atoms with Gasteiger partial charge in [0.1, 0.15) is 10.8 Å². The number of halogens is 3. The van der Waals surface area contributed by atoms with Crippen LogP contribution in [0.2, 0.25) is 15.2 Å². The second-order valence-corrected chi connectivity index (χ2v) is 6.49. The van der Waals surface area contributed by atoms with E-state index >= 15 is 0 Å². The first-order chi connectivity index (χ1) is 12.4. The van der Waals surface area contributed by atoms with Crippen molar-refractivity contribution in [3.8, 4) is 0 Å². The minimum Gasteiger partial charge on any atom is -0.464 e. The summed E-state index contributed by atoms with van der Waals surface area (Å²) in [5.41, 5.74) is 0.547. The largest absolute Gasteiger partial charge is 0.464 e. The number of carbonyl (C=O) groups excluding carboxylic acids is 2. The van der Waals surface area contributed by atoms with E-state index in [0.717, 1.165) is 0 Å². The summed E-state index contributed by atoms with van der Waals surface area (Å²) in [5.74, 6) is -1.07. The summed E-state index contributed by atoms with van der Waals surface area (Å²) in [5, 5.41) is 0.801. The molecule has 0 aliphatic rings. The molecule has 2 aromatic rings. The summed E-state index contributed by atoms with van der Waals surface area (Å²) in [4.78, 5) is 31.0. The Kier molecular flexibility index (Phi) is 7.26. The number of carbonyl (C=O) groups is 2. The Morgan fingerprint density at radius 2 is 1.73 bits per heavy atom. The Labute approximate surface area is 166 Å². The number of hydrogen-bond donors (Lipinski definition) is 0. The standard InChI is InChI=1S/C18H17Cl3N2O3/c1-3-23(17(24)15-13(20)9-10-14(21)22-15)16(18(25)26-4-2)11-5-7-12(19)8-6-11/h5-10,16H,3-4H2,1-2H3/t16-/m1/s1. The molecule has 138 valence electrons. The minimum absolute atomic E-state index is 0.0238. The number of ether oxygens (including phenoxy) is 1. The molecule has 1 atom stereocenters. The minimum atomic E-state index is -0.957. The van der Waals surface area contributed by atoms with Crippen LogP contribution in [-0.4, -0.2) is 34.9 Å². The molecular formula is C18H17Cl3N2O3. The third-order valence-corrected chi connectivity index (χ3v) is 4.39. The highest BCUT2D eigenvalue weighted by Crippen LogP contribution is 2.27. The second-order valence-electron chi connectivity index (χ2n) is 5.26. The quantitative estimate of drug-likeness (QED) is 0.502. The summed E-state index contributed by atoms with van der Waals surface area (Å²) < 4.78 is 5.17. The van der Waals surface area contributed by atoms with E-state index in [1.165, 1.54) is 17.0 Å². The molecule has 5 nitrogen and oxygen atoms in total. The van der Waals surface area contributed by atoms with E-state index in [4.69, 9.17) is 39.5 Å². The summed E-state index contributed by atoms with van der Waals surface area (Å²) in [7, 11) is 0. The van der Waals surface area contributed by atoms with E-state index in [2.05, 4.69) is 4.98 Å². The van der Waals surface area contributed by atoms with E-state index in [1.807, 2.05) is 0 Å². The zero-order chi connectivity index (χ0) is 19.3. The lowest BCUT2D eigenvalue weighted by Crippen LogP contribution is -2.40. The first kappa shape index (κ1) is 20.5. The van der Waals surface area contributed by atoms with Crippen LogP contribution < -0.4 is 0 Å². The Morgan fingerprint density at radius 3 is 2.31 bits per heavy atom. The highest BCUT2D eigenvalue weighted by molar-refractivity contribution is 6.34. The summed E-state index contributed by atoms with van der Waals surface area (Å²) in [6.45, 7) is 3.86. The van der Waals surface area contributed by atoms with E-state index in [0.29, 0.717) is 10.6 Å². The second kappa shape index (κ2) is 9.21. The molecule has 0 fully saturated rings. The smallest absolute Gasteiger partial charge is 0.333 e. The summed E-state index contributed by atoms with van der Waals surface area (Å²) in [6.07, 6.45) is 0. The molecule has 1 aromatic carbocycles. The zero-order valence-corrected chi connectivity index (χ0v) is 16.5. The van der Waals surface area contributed by atoms with Gasteiger partial charge >= 0.3 is 5.97 Å². The van der Waals surface area contributed by atoms with Crippen molar-refractivity contribution in [2.75, 3.05) is 13.2 Å². The van der Waals surface area contributed by atoms with Crippen LogP contribution in [-0.2, 0) is 9.53 Å². The van der Waals surface area contributed by atoms with Crippen molar-refractivity contribution in [3.05, 3.63) is 62.9 Å². The van der Waals surface area contributed by atoms with Gasteiger partial charge < -0.3 is 9.64 Å². The zero-order valence-electron chi connectivity index (χ0n) is 14.2. The van der Waals surface area contributed by atoms with Gasteiger partial charge in [0.2, 0.25) is 0 Å². The number of amides is 1. The van der Waals surface area contributed by atoms with Crippen LogP contribution in [0.1, 0.15) is 35.9 Å². The highest BCUT2D eigenvalue weighted by atomic mass is 35.5. The fourth-order valence-electron chi connectivity index (χ4n) is 2.46. The maximum absolute atomic E-state index is 13.0. The van der Waals surface area contributed by atoms with Crippen LogP contribution in [0, 0.1) is 0 Å². The normalized spacial score (nSPS) is 11.7. The monoisotopic (exact) mass is 414 g/mol. The molecule has 8 heteroatoms. The molecule has 2 rings (SSSR count). The van der Waals surface area contributed by atoms with E-state index in [9.17, 15) is 9.59 Å². The average Bonchev–Trinajstić information content (AvgIpc) is 2.62. The SMILES string of the molecule is CCOC(=O)[C@@H](c1ccc(Cl)cc1)N(CC)C(=O)c1nc(Cl)ccc1Cl. The van der Waals surface area contributed by atoms with Gasteiger partial charge in [-0.05, 0) is 43.7 Å².